The summed E-state index contributed by atoms with van der Waals surface area (Å²) in [5, 5.41) is 0. The molecule has 5 heterocycles. The van der Waals surface area contributed by atoms with Crippen molar-refractivity contribution in [2.45, 2.75) is 0 Å². The molecule has 0 spiro atoms. The van der Waals surface area contributed by atoms with E-state index in [2.05, 4.69) is 70.6 Å². The molecule has 0 aliphatic carbocycles. The zero-order valence-electron chi connectivity index (χ0n) is 32.3. The van der Waals surface area contributed by atoms with E-state index < -0.39 is 0 Å². The van der Waals surface area contributed by atoms with Crippen molar-refractivity contribution >= 4 is 0 Å². The molecule has 7 heteroatoms. The number of benzene rings is 5. The van der Waals surface area contributed by atoms with Crippen LogP contribution in [0.4, 0.5) is 0 Å². The van der Waals surface area contributed by atoms with Gasteiger partial charge in [-0.15, -0.1) is 0 Å². The molecular weight excluding hydrogens is 735 g/mol. The first-order valence-corrected chi connectivity index (χ1v) is 19.7. The van der Waals surface area contributed by atoms with Gasteiger partial charge in [0.2, 0.25) is 0 Å². The van der Waals surface area contributed by atoms with Crippen molar-refractivity contribution in [3.63, 3.8) is 0 Å². The molecule has 7 nitrogen and oxygen atoms in total. The lowest BCUT2D eigenvalue weighted by Gasteiger charge is -2.14. The van der Waals surface area contributed by atoms with Crippen LogP contribution in [0.5, 0.6) is 0 Å². The third kappa shape index (κ3) is 7.71. The molecule has 0 radical (unpaired) electrons. The number of hydrogen-bond donors (Lipinski definition) is 0. The van der Waals surface area contributed by atoms with Crippen LogP contribution in [-0.4, -0.2) is 34.9 Å². The van der Waals surface area contributed by atoms with E-state index in [1.54, 1.807) is 12.4 Å². The van der Waals surface area contributed by atoms with Crippen LogP contribution >= 0.6 is 0 Å². The summed E-state index contributed by atoms with van der Waals surface area (Å²) < 4.78 is 0. The molecular formula is C53H35N7. The molecule has 5 aromatic carbocycles. The zero-order valence-corrected chi connectivity index (χ0v) is 32.3. The maximum atomic E-state index is 5.29. The van der Waals surface area contributed by atoms with Gasteiger partial charge in [-0.25, -0.2) is 24.9 Å². The van der Waals surface area contributed by atoms with E-state index in [4.69, 9.17) is 24.9 Å². The van der Waals surface area contributed by atoms with Crippen LogP contribution in [-0.2, 0) is 0 Å². The van der Waals surface area contributed by atoms with Crippen molar-refractivity contribution in [1.29, 1.82) is 0 Å². The molecule has 0 N–H and O–H groups in total. The quantitative estimate of drug-likeness (QED) is 0.144. The maximum absolute atomic E-state index is 5.29. The Bertz CT molecular complexity index is 2880. The first kappa shape index (κ1) is 36.1. The molecule has 0 unspecified atom stereocenters. The van der Waals surface area contributed by atoms with E-state index in [0.29, 0.717) is 17.5 Å². The molecule has 0 bridgehead atoms. The summed E-state index contributed by atoms with van der Waals surface area (Å²) in [6.45, 7) is 0. The van der Waals surface area contributed by atoms with Gasteiger partial charge >= 0.3 is 0 Å². The first-order chi connectivity index (χ1) is 29.7. The highest BCUT2D eigenvalue weighted by molar-refractivity contribution is 5.82. The van der Waals surface area contributed by atoms with Crippen LogP contribution in [0.25, 0.3) is 102 Å². The summed E-state index contributed by atoms with van der Waals surface area (Å²) in [7, 11) is 0. The Hall–Kier alpha value is -8.29. The summed E-state index contributed by atoms with van der Waals surface area (Å²) in [5.74, 6) is 1.65. The Kier molecular flexibility index (Phi) is 9.79. The second-order valence-electron chi connectivity index (χ2n) is 14.2. The van der Waals surface area contributed by atoms with Crippen LogP contribution in [0, 0.1) is 0 Å². The Morgan fingerprint density at radius 3 is 0.950 bits per heavy atom. The molecule has 0 atom stereocenters. The molecule has 0 saturated carbocycles. The van der Waals surface area contributed by atoms with Crippen molar-refractivity contribution in [1.82, 2.24) is 34.9 Å². The van der Waals surface area contributed by atoms with Gasteiger partial charge in [-0.05, 0) is 107 Å². The summed E-state index contributed by atoms with van der Waals surface area (Å²) in [6, 6.07) is 67.4. The lowest BCUT2D eigenvalue weighted by atomic mass is 9.97. The standard InChI is InChI=1S/C53H35N7/c1-4-16-36(17-5-1)39-30-41(45-24-14-26-49(56-45)47-22-10-12-28-54-47)34-43(32-39)52-58-51(38-20-8-3-9-21-38)59-53(60-52)44-33-40(37-18-6-2-7-19-37)31-42(35-44)46-25-15-27-50(57-46)48-23-11-13-29-55-48/h1-35H. The van der Waals surface area contributed by atoms with Crippen LogP contribution in [0.2, 0.25) is 0 Å². The summed E-state index contributed by atoms with van der Waals surface area (Å²) in [6.07, 6.45) is 3.57. The fourth-order valence-corrected chi connectivity index (χ4v) is 7.26. The largest absolute Gasteiger partial charge is 0.255 e. The lowest BCUT2D eigenvalue weighted by molar-refractivity contribution is 1.07. The smallest absolute Gasteiger partial charge is 0.164 e. The van der Waals surface area contributed by atoms with Gasteiger partial charge in [-0.2, -0.15) is 0 Å². The Balaban J connectivity index is 1.17. The van der Waals surface area contributed by atoms with Gasteiger partial charge in [0, 0.05) is 40.2 Å². The highest BCUT2D eigenvalue weighted by Gasteiger charge is 2.18. The maximum Gasteiger partial charge on any atom is 0.164 e. The molecule has 60 heavy (non-hydrogen) atoms. The van der Waals surface area contributed by atoms with Crippen LogP contribution in [0.15, 0.2) is 213 Å². The summed E-state index contributed by atoms with van der Waals surface area (Å²) in [5.41, 5.74) is 13.4. The van der Waals surface area contributed by atoms with Gasteiger partial charge in [0.25, 0.3) is 0 Å². The molecule has 0 amide bonds. The molecule has 5 aromatic heterocycles. The first-order valence-electron chi connectivity index (χ1n) is 19.7. The second kappa shape index (κ2) is 16.3. The lowest BCUT2D eigenvalue weighted by Crippen LogP contribution is -2.01. The average molecular weight is 770 g/mol. The van der Waals surface area contributed by atoms with Crippen LogP contribution in [0.1, 0.15) is 0 Å². The third-order valence-corrected chi connectivity index (χ3v) is 10.2. The molecule has 282 valence electrons. The molecule has 0 fully saturated rings. The van der Waals surface area contributed by atoms with E-state index >= 15 is 0 Å². The van der Waals surface area contributed by atoms with Crippen molar-refractivity contribution in [3.05, 3.63) is 213 Å². The second-order valence-corrected chi connectivity index (χ2v) is 14.2. The monoisotopic (exact) mass is 769 g/mol. The number of rotatable bonds is 9. The average Bonchev–Trinajstić information content (AvgIpc) is 3.35. The summed E-state index contributed by atoms with van der Waals surface area (Å²) in [4.78, 5) is 34.9. The molecule has 10 aromatic rings. The number of aromatic nitrogens is 7. The minimum atomic E-state index is 0.542. The highest BCUT2D eigenvalue weighted by atomic mass is 15.0. The van der Waals surface area contributed by atoms with Crippen molar-refractivity contribution in [2.75, 3.05) is 0 Å². The fourth-order valence-electron chi connectivity index (χ4n) is 7.26. The van der Waals surface area contributed by atoms with E-state index in [9.17, 15) is 0 Å². The Morgan fingerprint density at radius 1 is 0.200 bits per heavy atom. The van der Waals surface area contributed by atoms with Gasteiger partial charge in [0.1, 0.15) is 0 Å². The van der Waals surface area contributed by atoms with Gasteiger partial charge in [0.05, 0.1) is 34.2 Å². The highest BCUT2D eigenvalue weighted by Crippen LogP contribution is 2.36. The van der Waals surface area contributed by atoms with E-state index in [-0.39, 0.29) is 0 Å². The molecule has 0 aliphatic heterocycles. The van der Waals surface area contributed by atoms with E-state index in [1.807, 2.05) is 140 Å². The van der Waals surface area contributed by atoms with Gasteiger partial charge in [-0.3, -0.25) is 9.97 Å². The minimum absolute atomic E-state index is 0.542. The predicted molar refractivity (Wildman–Crippen MR) is 240 cm³/mol. The van der Waals surface area contributed by atoms with E-state index in [0.717, 1.165) is 84.2 Å². The topological polar surface area (TPSA) is 90.2 Å². The fraction of sp³-hybridized carbons (Fsp3) is 0. The zero-order chi connectivity index (χ0) is 40.1. The minimum Gasteiger partial charge on any atom is -0.255 e. The van der Waals surface area contributed by atoms with Crippen molar-refractivity contribution in [3.8, 4) is 102 Å². The number of pyridine rings is 4. The molecule has 0 aliphatic rings. The van der Waals surface area contributed by atoms with Crippen LogP contribution in [0.3, 0.4) is 0 Å². The number of hydrogen-bond acceptors (Lipinski definition) is 7. The Labute approximate surface area is 347 Å². The Morgan fingerprint density at radius 2 is 0.533 bits per heavy atom. The predicted octanol–water partition coefficient (Wildman–Crippen LogP) is 12.5. The molecule has 10 rings (SSSR count). The van der Waals surface area contributed by atoms with Crippen molar-refractivity contribution in [2.24, 2.45) is 0 Å². The third-order valence-electron chi connectivity index (χ3n) is 10.2. The van der Waals surface area contributed by atoms with E-state index in [1.165, 1.54) is 0 Å². The van der Waals surface area contributed by atoms with Crippen molar-refractivity contribution < 1.29 is 0 Å². The van der Waals surface area contributed by atoms with Gasteiger partial charge in [-0.1, -0.05) is 115 Å². The normalized spacial score (nSPS) is 11.0. The van der Waals surface area contributed by atoms with Gasteiger partial charge in [0.15, 0.2) is 17.5 Å². The van der Waals surface area contributed by atoms with Crippen LogP contribution < -0.4 is 0 Å². The SMILES string of the molecule is c1ccc(-c2cc(-c3cccc(-c4ccccn4)n3)cc(-c3nc(-c4ccccc4)nc(-c4cc(-c5ccccc5)cc(-c5cccc(-c6ccccn6)n5)c4)n3)c2)cc1. The molecule has 0 saturated heterocycles. The number of nitrogens with zero attached hydrogens (tertiary/aromatic N) is 7. The van der Waals surface area contributed by atoms with Gasteiger partial charge < -0.3 is 0 Å². The summed E-state index contributed by atoms with van der Waals surface area (Å²) >= 11 is 0.